The summed E-state index contributed by atoms with van der Waals surface area (Å²) < 4.78 is 0. The summed E-state index contributed by atoms with van der Waals surface area (Å²) >= 11 is 0. The van der Waals surface area contributed by atoms with Crippen molar-refractivity contribution in [3.63, 3.8) is 0 Å². The number of nitro benzene ring substituents is 1. The van der Waals surface area contributed by atoms with Crippen molar-refractivity contribution in [1.29, 1.82) is 0 Å². The van der Waals surface area contributed by atoms with E-state index in [0.717, 1.165) is 0 Å². The maximum Gasteiger partial charge on any atom is 0.292 e. The largest absolute Gasteiger partial charge is 0.372 e. The van der Waals surface area contributed by atoms with Gasteiger partial charge >= 0.3 is 0 Å². The third kappa shape index (κ3) is 3.05. The molecular formula is C10H16N2O2. The molecule has 0 spiro atoms. The highest BCUT2D eigenvalue weighted by Gasteiger charge is 2.12. The van der Waals surface area contributed by atoms with Gasteiger partial charge in [0.25, 0.3) is 5.69 Å². The van der Waals surface area contributed by atoms with Gasteiger partial charge in [0.05, 0.1) is 4.92 Å². The topological polar surface area (TPSA) is 46.4 Å². The fraction of sp³-hybridized carbons (Fsp3) is 0.400. The Morgan fingerprint density at radius 1 is 1.21 bits per heavy atom. The molecule has 0 saturated carbocycles. The monoisotopic (exact) mass is 196 g/mol. The summed E-state index contributed by atoms with van der Waals surface area (Å²) in [4.78, 5) is 11.8. The number of anilines is 1. The maximum absolute atomic E-state index is 10.5. The van der Waals surface area contributed by atoms with Crippen LogP contribution in [0.15, 0.2) is 24.3 Å². The van der Waals surface area contributed by atoms with E-state index in [1.807, 2.05) is 13.8 Å². The van der Waals surface area contributed by atoms with Crippen LogP contribution in [0, 0.1) is 10.1 Å². The van der Waals surface area contributed by atoms with E-state index < -0.39 is 0 Å². The first kappa shape index (κ1) is 12.4. The Morgan fingerprint density at radius 3 is 2.07 bits per heavy atom. The molecule has 0 amide bonds. The summed E-state index contributed by atoms with van der Waals surface area (Å²) in [6, 6.07) is 6.65. The number of benzene rings is 1. The second kappa shape index (κ2) is 5.96. The lowest BCUT2D eigenvalue weighted by Crippen LogP contribution is -2.10. The highest BCUT2D eigenvalue weighted by molar-refractivity contribution is 5.61. The van der Waals surface area contributed by atoms with E-state index in [0.29, 0.717) is 5.69 Å². The number of hydrogen-bond donors (Lipinski definition) is 0. The average Bonchev–Trinajstić information content (AvgIpc) is 2.20. The maximum atomic E-state index is 10.5. The predicted molar refractivity (Wildman–Crippen MR) is 58.8 cm³/mol. The summed E-state index contributed by atoms with van der Waals surface area (Å²) in [5.41, 5.74) is 0.769. The Hall–Kier alpha value is -1.58. The van der Waals surface area contributed by atoms with Gasteiger partial charge in [-0.1, -0.05) is 26.0 Å². The molecule has 0 radical (unpaired) electrons. The zero-order valence-corrected chi connectivity index (χ0v) is 9.02. The molecule has 0 aliphatic heterocycles. The Bertz CT molecular complexity index is 298. The molecule has 0 aliphatic rings. The third-order valence-corrected chi connectivity index (χ3v) is 1.56. The summed E-state index contributed by atoms with van der Waals surface area (Å²) in [6.07, 6.45) is 0. The first-order valence-electron chi connectivity index (χ1n) is 4.53. The van der Waals surface area contributed by atoms with Crippen LogP contribution in [-0.2, 0) is 0 Å². The summed E-state index contributed by atoms with van der Waals surface area (Å²) in [5, 5.41) is 10.5. The molecule has 4 nitrogen and oxygen atoms in total. The van der Waals surface area contributed by atoms with Crippen molar-refractivity contribution in [2.45, 2.75) is 13.8 Å². The molecule has 78 valence electrons. The van der Waals surface area contributed by atoms with Gasteiger partial charge in [0, 0.05) is 20.2 Å². The van der Waals surface area contributed by atoms with Crippen molar-refractivity contribution >= 4 is 11.4 Å². The average molecular weight is 196 g/mol. The van der Waals surface area contributed by atoms with Crippen LogP contribution in [0.1, 0.15) is 13.8 Å². The molecule has 1 rings (SSSR count). The predicted octanol–water partition coefficient (Wildman–Crippen LogP) is 2.69. The minimum absolute atomic E-state index is 0.141. The first-order valence-corrected chi connectivity index (χ1v) is 4.53. The normalized spacial score (nSPS) is 8.57. The number of nitro groups is 1. The highest BCUT2D eigenvalue weighted by Crippen LogP contribution is 2.24. The van der Waals surface area contributed by atoms with Gasteiger partial charge in [-0.15, -0.1) is 0 Å². The summed E-state index contributed by atoms with van der Waals surface area (Å²) in [6.45, 7) is 4.00. The minimum atomic E-state index is -0.380. The van der Waals surface area contributed by atoms with Crippen LogP contribution in [0.5, 0.6) is 0 Å². The van der Waals surface area contributed by atoms with E-state index in [2.05, 4.69) is 0 Å². The Kier molecular flexibility index (Phi) is 5.29. The van der Waals surface area contributed by atoms with Gasteiger partial charge in [-0.3, -0.25) is 10.1 Å². The lowest BCUT2D eigenvalue weighted by atomic mass is 10.2. The number of nitrogens with zero attached hydrogens (tertiary/aromatic N) is 2. The van der Waals surface area contributed by atoms with E-state index in [1.165, 1.54) is 6.07 Å². The van der Waals surface area contributed by atoms with Crippen LogP contribution in [-0.4, -0.2) is 19.0 Å². The molecule has 0 bridgehead atoms. The molecule has 0 N–H and O–H groups in total. The molecule has 14 heavy (non-hydrogen) atoms. The molecule has 0 aliphatic carbocycles. The molecule has 0 atom stereocenters. The van der Waals surface area contributed by atoms with Crippen LogP contribution in [0.4, 0.5) is 11.4 Å². The van der Waals surface area contributed by atoms with E-state index in [9.17, 15) is 10.1 Å². The zero-order valence-electron chi connectivity index (χ0n) is 9.02. The van der Waals surface area contributed by atoms with Crippen molar-refractivity contribution in [3.05, 3.63) is 34.4 Å². The quantitative estimate of drug-likeness (QED) is 0.539. The molecule has 0 heterocycles. The van der Waals surface area contributed by atoms with Gasteiger partial charge in [0.15, 0.2) is 0 Å². The van der Waals surface area contributed by atoms with E-state index in [1.54, 1.807) is 37.2 Å². The van der Waals surface area contributed by atoms with Crippen molar-refractivity contribution in [1.82, 2.24) is 0 Å². The minimum Gasteiger partial charge on any atom is -0.372 e. The van der Waals surface area contributed by atoms with Gasteiger partial charge in [-0.05, 0) is 6.07 Å². The van der Waals surface area contributed by atoms with E-state index in [4.69, 9.17) is 0 Å². The van der Waals surface area contributed by atoms with Gasteiger partial charge in [0.2, 0.25) is 0 Å². The van der Waals surface area contributed by atoms with Gasteiger partial charge in [-0.25, -0.2) is 0 Å². The molecular weight excluding hydrogens is 180 g/mol. The summed E-state index contributed by atoms with van der Waals surface area (Å²) in [7, 11) is 3.56. The molecule has 0 aromatic heterocycles. The molecule has 0 fully saturated rings. The SMILES string of the molecule is CC.CN(C)c1ccccc1[N+](=O)[O-]. The van der Waals surface area contributed by atoms with Gasteiger partial charge in [0.1, 0.15) is 5.69 Å². The Morgan fingerprint density at radius 2 is 1.71 bits per heavy atom. The highest BCUT2D eigenvalue weighted by atomic mass is 16.6. The van der Waals surface area contributed by atoms with Crippen molar-refractivity contribution < 1.29 is 4.92 Å². The van der Waals surface area contributed by atoms with Crippen molar-refractivity contribution in [2.24, 2.45) is 0 Å². The Labute approximate surface area is 84.3 Å². The first-order chi connectivity index (χ1) is 6.63. The molecule has 1 aromatic carbocycles. The standard InChI is InChI=1S/C8H10N2O2.C2H6/c1-9(2)7-5-3-4-6-8(7)10(11)12;1-2/h3-6H,1-2H3;1-2H3. The van der Waals surface area contributed by atoms with Gasteiger partial charge < -0.3 is 4.90 Å². The van der Waals surface area contributed by atoms with Crippen molar-refractivity contribution in [3.8, 4) is 0 Å². The van der Waals surface area contributed by atoms with E-state index in [-0.39, 0.29) is 10.6 Å². The fourth-order valence-corrected chi connectivity index (χ4v) is 0.997. The fourth-order valence-electron chi connectivity index (χ4n) is 0.997. The number of rotatable bonds is 2. The Balaban J connectivity index is 0.000000791. The smallest absolute Gasteiger partial charge is 0.292 e. The molecule has 4 heteroatoms. The number of para-hydroxylation sites is 2. The third-order valence-electron chi connectivity index (χ3n) is 1.56. The lowest BCUT2D eigenvalue weighted by Gasteiger charge is -2.11. The molecule has 1 aromatic rings. The van der Waals surface area contributed by atoms with Crippen LogP contribution in [0.2, 0.25) is 0 Å². The van der Waals surface area contributed by atoms with Crippen LogP contribution in [0.3, 0.4) is 0 Å². The molecule has 0 saturated heterocycles. The van der Waals surface area contributed by atoms with Crippen LogP contribution < -0.4 is 4.90 Å². The van der Waals surface area contributed by atoms with E-state index >= 15 is 0 Å². The lowest BCUT2D eigenvalue weighted by molar-refractivity contribution is -0.384. The van der Waals surface area contributed by atoms with Crippen molar-refractivity contribution in [2.75, 3.05) is 19.0 Å². The summed E-state index contributed by atoms with van der Waals surface area (Å²) in [5.74, 6) is 0. The van der Waals surface area contributed by atoms with Crippen LogP contribution in [0.25, 0.3) is 0 Å². The second-order valence-electron chi connectivity index (χ2n) is 2.64. The second-order valence-corrected chi connectivity index (χ2v) is 2.64. The van der Waals surface area contributed by atoms with Crippen LogP contribution >= 0.6 is 0 Å². The van der Waals surface area contributed by atoms with Gasteiger partial charge in [-0.2, -0.15) is 0 Å². The number of hydrogen-bond acceptors (Lipinski definition) is 3. The molecule has 0 unspecified atom stereocenters. The zero-order chi connectivity index (χ0) is 11.1.